The zero-order valence-electron chi connectivity index (χ0n) is 10.3. The van der Waals surface area contributed by atoms with Crippen LogP contribution in [0.1, 0.15) is 31.2 Å². The Morgan fingerprint density at radius 2 is 1.94 bits per heavy atom. The summed E-state index contributed by atoms with van der Waals surface area (Å²) in [7, 11) is -1.64. The van der Waals surface area contributed by atoms with Crippen molar-refractivity contribution in [1.29, 1.82) is 0 Å². The molecule has 1 aromatic rings. The number of halogens is 1. The van der Waals surface area contributed by atoms with Gasteiger partial charge in [-0.25, -0.2) is 4.39 Å². The van der Waals surface area contributed by atoms with Crippen molar-refractivity contribution in [3.05, 3.63) is 29.6 Å². The molecule has 3 nitrogen and oxygen atoms in total. The first-order valence-corrected chi connectivity index (χ1v) is 6.38. The normalized spacial score (nSPS) is 16.2. The monoisotopic (exact) mass is 252 g/mol. The highest BCUT2D eigenvalue weighted by molar-refractivity contribution is 6.58. The smallest absolute Gasteiger partial charge is 0.423 e. The van der Waals surface area contributed by atoms with E-state index in [1.165, 1.54) is 31.7 Å². The van der Waals surface area contributed by atoms with Gasteiger partial charge in [0.1, 0.15) is 5.82 Å². The Labute approximate surface area is 107 Å². The highest BCUT2D eigenvalue weighted by atomic mass is 19.1. The van der Waals surface area contributed by atoms with Gasteiger partial charge in [-0.2, -0.15) is 0 Å². The molecule has 0 heterocycles. The van der Waals surface area contributed by atoms with Crippen LogP contribution in [0.25, 0.3) is 0 Å². The molecule has 1 aliphatic carbocycles. The molecule has 0 unspecified atom stereocenters. The predicted molar refractivity (Wildman–Crippen MR) is 67.8 cm³/mol. The molecular formula is C13H18BFO3. The highest BCUT2D eigenvalue weighted by Gasteiger charge is 2.16. The van der Waals surface area contributed by atoms with Crippen molar-refractivity contribution in [3.8, 4) is 0 Å². The molecule has 98 valence electrons. The highest BCUT2D eigenvalue weighted by Crippen LogP contribution is 2.24. The van der Waals surface area contributed by atoms with Crippen molar-refractivity contribution in [2.24, 2.45) is 5.92 Å². The van der Waals surface area contributed by atoms with Crippen molar-refractivity contribution in [3.63, 3.8) is 0 Å². The van der Waals surface area contributed by atoms with E-state index in [2.05, 4.69) is 0 Å². The molecule has 18 heavy (non-hydrogen) atoms. The molecule has 0 amide bonds. The van der Waals surface area contributed by atoms with E-state index in [0.29, 0.717) is 24.7 Å². The van der Waals surface area contributed by atoms with Crippen LogP contribution in [0.15, 0.2) is 18.2 Å². The SMILES string of the molecule is OB(O)c1cc(F)cc(COCC2CCCC2)c1. The number of hydrogen-bond donors (Lipinski definition) is 2. The molecule has 1 saturated carbocycles. The summed E-state index contributed by atoms with van der Waals surface area (Å²) in [6, 6.07) is 4.04. The molecule has 1 fully saturated rings. The van der Waals surface area contributed by atoms with Gasteiger partial charge in [0, 0.05) is 6.61 Å². The summed E-state index contributed by atoms with van der Waals surface area (Å²) in [5, 5.41) is 18.0. The number of rotatable bonds is 5. The fourth-order valence-corrected chi connectivity index (χ4v) is 2.43. The van der Waals surface area contributed by atoms with Gasteiger partial charge in [-0.3, -0.25) is 0 Å². The first-order chi connectivity index (χ1) is 8.65. The zero-order valence-corrected chi connectivity index (χ0v) is 10.3. The standard InChI is InChI=1S/C13H18BFO3/c15-13-6-11(5-12(7-13)14(16)17)9-18-8-10-3-1-2-4-10/h5-7,10,16-17H,1-4,8-9H2. The van der Waals surface area contributed by atoms with Crippen molar-refractivity contribution < 1.29 is 19.2 Å². The van der Waals surface area contributed by atoms with E-state index in [9.17, 15) is 4.39 Å². The maximum Gasteiger partial charge on any atom is 0.488 e. The van der Waals surface area contributed by atoms with Crippen LogP contribution in [0.5, 0.6) is 0 Å². The lowest BCUT2D eigenvalue weighted by Gasteiger charge is -2.10. The van der Waals surface area contributed by atoms with E-state index < -0.39 is 12.9 Å². The van der Waals surface area contributed by atoms with Crippen LogP contribution in [-0.2, 0) is 11.3 Å². The Bertz CT molecular complexity index is 392. The van der Waals surface area contributed by atoms with Gasteiger partial charge in [-0.05, 0) is 41.9 Å². The van der Waals surface area contributed by atoms with Crippen LogP contribution in [0.2, 0.25) is 0 Å². The van der Waals surface area contributed by atoms with Crippen LogP contribution >= 0.6 is 0 Å². The van der Waals surface area contributed by atoms with Gasteiger partial charge in [0.05, 0.1) is 6.61 Å². The zero-order chi connectivity index (χ0) is 13.0. The van der Waals surface area contributed by atoms with Gasteiger partial charge < -0.3 is 14.8 Å². The molecule has 1 aliphatic rings. The van der Waals surface area contributed by atoms with E-state index in [1.54, 1.807) is 6.07 Å². The molecule has 0 spiro atoms. The summed E-state index contributed by atoms with van der Waals surface area (Å²) in [5.74, 6) is 0.154. The van der Waals surface area contributed by atoms with Gasteiger partial charge in [0.2, 0.25) is 0 Å². The number of ether oxygens (including phenoxy) is 1. The average Bonchev–Trinajstić information content (AvgIpc) is 2.81. The largest absolute Gasteiger partial charge is 0.488 e. The van der Waals surface area contributed by atoms with Crippen molar-refractivity contribution >= 4 is 12.6 Å². The third kappa shape index (κ3) is 3.80. The van der Waals surface area contributed by atoms with Gasteiger partial charge in [-0.15, -0.1) is 0 Å². The maximum atomic E-state index is 13.2. The molecule has 0 radical (unpaired) electrons. The third-order valence-corrected chi connectivity index (χ3v) is 3.38. The molecule has 2 N–H and O–H groups in total. The van der Waals surface area contributed by atoms with E-state index in [-0.39, 0.29) is 5.46 Å². The van der Waals surface area contributed by atoms with Crippen molar-refractivity contribution in [2.75, 3.05) is 6.61 Å². The molecule has 0 aromatic heterocycles. The van der Waals surface area contributed by atoms with Crippen molar-refractivity contribution in [1.82, 2.24) is 0 Å². The van der Waals surface area contributed by atoms with Crippen LogP contribution in [0.3, 0.4) is 0 Å². The van der Waals surface area contributed by atoms with E-state index >= 15 is 0 Å². The van der Waals surface area contributed by atoms with E-state index in [0.717, 1.165) is 6.07 Å². The first-order valence-electron chi connectivity index (χ1n) is 6.38. The second-order valence-corrected chi connectivity index (χ2v) is 4.93. The van der Waals surface area contributed by atoms with Gasteiger partial charge >= 0.3 is 7.12 Å². The Hall–Kier alpha value is -0.905. The second kappa shape index (κ2) is 6.32. The number of benzene rings is 1. The lowest BCUT2D eigenvalue weighted by Crippen LogP contribution is -2.30. The molecule has 2 rings (SSSR count). The van der Waals surface area contributed by atoms with Crippen LogP contribution in [0.4, 0.5) is 4.39 Å². The third-order valence-electron chi connectivity index (χ3n) is 3.38. The minimum absolute atomic E-state index is 0.162. The first kappa shape index (κ1) is 13.5. The second-order valence-electron chi connectivity index (χ2n) is 4.93. The molecule has 5 heteroatoms. The minimum atomic E-state index is -1.64. The quantitative estimate of drug-likeness (QED) is 0.774. The van der Waals surface area contributed by atoms with Gasteiger partial charge in [0.25, 0.3) is 0 Å². The fourth-order valence-electron chi connectivity index (χ4n) is 2.43. The lowest BCUT2D eigenvalue weighted by atomic mass is 9.79. The summed E-state index contributed by atoms with van der Waals surface area (Å²) in [6.45, 7) is 1.02. The molecule has 0 atom stereocenters. The Kier molecular flexibility index (Phi) is 4.75. The predicted octanol–water partition coefficient (Wildman–Crippen LogP) is 1.21. The summed E-state index contributed by atoms with van der Waals surface area (Å²) in [5.41, 5.74) is 0.797. The van der Waals surface area contributed by atoms with Crippen LogP contribution in [0, 0.1) is 11.7 Å². The maximum absolute atomic E-state index is 13.2. The van der Waals surface area contributed by atoms with Crippen LogP contribution in [-0.4, -0.2) is 23.8 Å². The summed E-state index contributed by atoms with van der Waals surface area (Å²) < 4.78 is 18.8. The Balaban J connectivity index is 1.88. The van der Waals surface area contributed by atoms with Crippen molar-refractivity contribution in [2.45, 2.75) is 32.3 Å². The summed E-state index contributed by atoms with van der Waals surface area (Å²) >= 11 is 0. The number of hydrogen-bond acceptors (Lipinski definition) is 3. The fraction of sp³-hybridized carbons (Fsp3) is 0.538. The minimum Gasteiger partial charge on any atom is -0.423 e. The van der Waals surface area contributed by atoms with E-state index in [1.807, 2.05) is 0 Å². The van der Waals surface area contributed by atoms with Crippen LogP contribution < -0.4 is 5.46 Å². The Morgan fingerprint density at radius 3 is 2.61 bits per heavy atom. The summed E-state index contributed by atoms with van der Waals surface area (Å²) in [4.78, 5) is 0. The lowest BCUT2D eigenvalue weighted by molar-refractivity contribution is 0.0887. The molecular weight excluding hydrogens is 234 g/mol. The Morgan fingerprint density at radius 1 is 1.22 bits per heavy atom. The summed E-state index contributed by atoms with van der Waals surface area (Å²) in [6.07, 6.45) is 4.97. The topological polar surface area (TPSA) is 49.7 Å². The molecule has 0 bridgehead atoms. The van der Waals surface area contributed by atoms with Gasteiger partial charge in [-0.1, -0.05) is 18.9 Å². The van der Waals surface area contributed by atoms with Gasteiger partial charge in [0.15, 0.2) is 0 Å². The van der Waals surface area contributed by atoms with E-state index in [4.69, 9.17) is 14.8 Å². The molecule has 1 aromatic carbocycles. The molecule has 0 saturated heterocycles. The average molecular weight is 252 g/mol. The molecule has 0 aliphatic heterocycles.